The van der Waals surface area contributed by atoms with E-state index in [-0.39, 0.29) is 5.57 Å². The maximum absolute atomic E-state index is 12.3. The van der Waals surface area contributed by atoms with Crippen molar-refractivity contribution in [2.45, 2.75) is 6.92 Å². The molecule has 1 N–H and O–H groups in total. The number of carbonyl (C=O) groups is 1. The van der Waals surface area contributed by atoms with Gasteiger partial charge in [-0.05, 0) is 58.8 Å². The van der Waals surface area contributed by atoms with Crippen LogP contribution >= 0.6 is 15.9 Å². The second kappa shape index (κ2) is 8.90. The lowest BCUT2D eigenvalue weighted by atomic mass is 10.1. The van der Waals surface area contributed by atoms with Crippen molar-refractivity contribution < 1.29 is 14.3 Å². The highest BCUT2D eigenvalue weighted by molar-refractivity contribution is 9.10. The van der Waals surface area contributed by atoms with Crippen molar-refractivity contribution in [2.24, 2.45) is 0 Å². The highest BCUT2D eigenvalue weighted by atomic mass is 79.9. The lowest BCUT2D eigenvalue weighted by molar-refractivity contribution is -0.112. The number of nitriles is 1. The number of para-hydroxylation sites is 1. The number of halogens is 1. The van der Waals surface area contributed by atoms with Crippen molar-refractivity contribution in [3.63, 3.8) is 0 Å². The number of methoxy groups -OCH3 is 1. The number of benzene rings is 2. The van der Waals surface area contributed by atoms with Crippen LogP contribution in [0.25, 0.3) is 6.08 Å². The van der Waals surface area contributed by atoms with Crippen molar-refractivity contribution in [3.05, 3.63) is 58.1 Å². The van der Waals surface area contributed by atoms with Crippen LogP contribution < -0.4 is 14.8 Å². The fourth-order valence-electron chi connectivity index (χ4n) is 2.14. The van der Waals surface area contributed by atoms with Gasteiger partial charge in [-0.25, -0.2) is 0 Å². The Labute approximate surface area is 155 Å². The number of hydrogen-bond donors (Lipinski definition) is 1. The van der Waals surface area contributed by atoms with Gasteiger partial charge in [-0.2, -0.15) is 5.26 Å². The largest absolute Gasteiger partial charge is 0.493 e. The Bertz CT molecular complexity index is 827. The van der Waals surface area contributed by atoms with Crippen LogP contribution in [0.1, 0.15) is 12.5 Å². The first-order chi connectivity index (χ1) is 12.1. The molecule has 0 heterocycles. The Balaban J connectivity index is 2.31. The molecule has 0 saturated carbocycles. The molecule has 2 aromatic carbocycles. The third-order valence-electron chi connectivity index (χ3n) is 3.25. The summed E-state index contributed by atoms with van der Waals surface area (Å²) in [6.07, 6.45) is 1.50. The molecule has 0 aromatic heterocycles. The third-order valence-corrected chi connectivity index (χ3v) is 3.84. The van der Waals surface area contributed by atoms with E-state index in [1.54, 1.807) is 36.4 Å². The van der Waals surface area contributed by atoms with Crippen LogP contribution in [-0.2, 0) is 4.79 Å². The molecule has 0 aliphatic heterocycles. The molecule has 0 spiro atoms. The van der Waals surface area contributed by atoms with E-state index >= 15 is 0 Å². The monoisotopic (exact) mass is 400 g/mol. The molecule has 2 aromatic rings. The van der Waals surface area contributed by atoms with Crippen LogP contribution in [0.2, 0.25) is 0 Å². The molecule has 1 amide bonds. The van der Waals surface area contributed by atoms with Crippen molar-refractivity contribution in [3.8, 4) is 17.6 Å². The number of rotatable bonds is 6. The minimum atomic E-state index is -0.474. The summed E-state index contributed by atoms with van der Waals surface area (Å²) in [5, 5.41) is 12.0. The first kappa shape index (κ1) is 18.6. The summed E-state index contributed by atoms with van der Waals surface area (Å²) in [6, 6.07) is 14.4. The van der Waals surface area contributed by atoms with Crippen molar-refractivity contribution >= 4 is 33.6 Å². The van der Waals surface area contributed by atoms with E-state index in [4.69, 9.17) is 9.47 Å². The van der Waals surface area contributed by atoms with Gasteiger partial charge in [0.15, 0.2) is 11.5 Å². The van der Waals surface area contributed by atoms with Gasteiger partial charge in [-0.1, -0.05) is 18.2 Å². The number of carbonyl (C=O) groups excluding carboxylic acids is 1. The smallest absolute Gasteiger partial charge is 0.266 e. The summed E-state index contributed by atoms with van der Waals surface area (Å²) in [7, 11) is 1.53. The van der Waals surface area contributed by atoms with Crippen molar-refractivity contribution in [1.82, 2.24) is 0 Å². The molecule has 0 bridgehead atoms. The van der Waals surface area contributed by atoms with Gasteiger partial charge in [-0.3, -0.25) is 4.79 Å². The average Bonchev–Trinajstić information content (AvgIpc) is 2.62. The molecular weight excluding hydrogens is 384 g/mol. The second-order valence-electron chi connectivity index (χ2n) is 4.96. The third kappa shape index (κ3) is 4.85. The maximum atomic E-state index is 12.3. The zero-order valence-corrected chi connectivity index (χ0v) is 15.5. The molecule has 25 heavy (non-hydrogen) atoms. The van der Waals surface area contributed by atoms with Crippen LogP contribution in [0.5, 0.6) is 11.5 Å². The molecule has 0 unspecified atom stereocenters. The van der Waals surface area contributed by atoms with E-state index < -0.39 is 5.91 Å². The number of ether oxygens (including phenoxy) is 2. The quantitative estimate of drug-likeness (QED) is 0.575. The Hall–Kier alpha value is -2.78. The number of nitrogens with one attached hydrogen (secondary N) is 1. The fourth-order valence-corrected chi connectivity index (χ4v) is 2.72. The molecule has 5 nitrogen and oxygen atoms in total. The minimum Gasteiger partial charge on any atom is -0.493 e. The van der Waals surface area contributed by atoms with Crippen LogP contribution in [0, 0.1) is 11.3 Å². The molecule has 6 heteroatoms. The molecule has 0 aliphatic rings. The van der Waals surface area contributed by atoms with Gasteiger partial charge in [0, 0.05) is 5.69 Å². The van der Waals surface area contributed by atoms with Gasteiger partial charge in [0.25, 0.3) is 5.91 Å². The molecule has 0 saturated heterocycles. The van der Waals surface area contributed by atoms with Crippen LogP contribution in [0.3, 0.4) is 0 Å². The predicted molar refractivity (Wildman–Crippen MR) is 101 cm³/mol. The van der Waals surface area contributed by atoms with Gasteiger partial charge >= 0.3 is 0 Å². The fraction of sp³-hybridized carbons (Fsp3) is 0.158. The molecule has 0 radical (unpaired) electrons. The van der Waals surface area contributed by atoms with Gasteiger partial charge < -0.3 is 14.8 Å². The van der Waals surface area contributed by atoms with Gasteiger partial charge in [-0.15, -0.1) is 0 Å². The van der Waals surface area contributed by atoms with Crippen LogP contribution in [0.4, 0.5) is 5.69 Å². The molecule has 0 aliphatic carbocycles. The number of anilines is 1. The second-order valence-corrected chi connectivity index (χ2v) is 5.81. The predicted octanol–water partition coefficient (Wildman–Crippen LogP) is 4.40. The van der Waals surface area contributed by atoms with Gasteiger partial charge in [0.1, 0.15) is 11.6 Å². The first-order valence-corrected chi connectivity index (χ1v) is 8.36. The summed E-state index contributed by atoms with van der Waals surface area (Å²) >= 11 is 3.42. The number of amides is 1. The molecule has 0 fully saturated rings. The van der Waals surface area contributed by atoms with Crippen molar-refractivity contribution in [2.75, 3.05) is 19.0 Å². The van der Waals surface area contributed by atoms with E-state index in [1.165, 1.54) is 13.2 Å². The summed E-state index contributed by atoms with van der Waals surface area (Å²) in [4.78, 5) is 12.3. The van der Waals surface area contributed by atoms with E-state index in [0.29, 0.717) is 33.8 Å². The lowest BCUT2D eigenvalue weighted by Crippen LogP contribution is -2.13. The Kier molecular flexibility index (Phi) is 6.61. The number of nitrogens with zero attached hydrogens (tertiary/aromatic N) is 1. The maximum Gasteiger partial charge on any atom is 0.266 e. The molecule has 128 valence electrons. The number of hydrogen-bond acceptors (Lipinski definition) is 4. The van der Waals surface area contributed by atoms with E-state index in [1.807, 2.05) is 19.1 Å². The summed E-state index contributed by atoms with van der Waals surface area (Å²) < 4.78 is 11.5. The van der Waals surface area contributed by atoms with Gasteiger partial charge in [0.05, 0.1) is 18.2 Å². The summed E-state index contributed by atoms with van der Waals surface area (Å²) in [5.41, 5.74) is 1.26. The average molecular weight is 401 g/mol. The van der Waals surface area contributed by atoms with Gasteiger partial charge in [0.2, 0.25) is 0 Å². The topological polar surface area (TPSA) is 71.3 Å². The van der Waals surface area contributed by atoms with Crippen LogP contribution in [-0.4, -0.2) is 19.6 Å². The SMILES string of the molecule is CCOc1c(Br)cc(/C=C(/C#N)C(=O)Nc2ccccc2)cc1OC. The standard InChI is InChI=1S/C19H17BrN2O3/c1-3-25-18-16(20)10-13(11-17(18)24-2)9-14(12-21)19(23)22-15-7-5-4-6-8-15/h4-11H,3H2,1-2H3,(H,22,23)/b14-9-. The normalized spacial score (nSPS) is 10.7. The molecular formula is C19H17BrN2O3. The van der Waals surface area contributed by atoms with E-state index in [0.717, 1.165) is 0 Å². The highest BCUT2D eigenvalue weighted by Gasteiger charge is 2.13. The Morgan fingerprint density at radius 3 is 2.64 bits per heavy atom. The summed E-state index contributed by atoms with van der Waals surface area (Å²) in [5.74, 6) is 0.621. The molecule has 0 atom stereocenters. The van der Waals surface area contributed by atoms with E-state index in [2.05, 4.69) is 21.2 Å². The van der Waals surface area contributed by atoms with Crippen LogP contribution in [0.15, 0.2) is 52.5 Å². The van der Waals surface area contributed by atoms with Crippen molar-refractivity contribution in [1.29, 1.82) is 5.26 Å². The first-order valence-electron chi connectivity index (χ1n) is 7.57. The zero-order chi connectivity index (χ0) is 18.2. The zero-order valence-electron chi connectivity index (χ0n) is 13.9. The Morgan fingerprint density at radius 2 is 2.04 bits per heavy atom. The minimum absolute atomic E-state index is 0.0121. The molecule has 2 rings (SSSR count). The summed E-state index contributed by atoms with van der Waals surface area (Å²) in [6.45, 7) is 2.37. The highest BCUT2D eigenvalue weighted by Crippen LogP contribution is 2.37. The van der Waals surface area contributed by atoms with E-state index in [9.17, 15) is 10.1 Å². The lowest BCUT2D eigenvalue weighted by Gasteiger charge is -2.12. The Morgan fingerprint density at radius 1 is 1.32 bits per heavy atom.